The van der Waals surface area contributed by atoms with Gasteiger partial charge in [-0.3, -0.25) is 4.79 Å². The molecule has 3 aromatic carbocycles. The van der Waals surface area contributed by atoms with Crippen molar-refractivity contribution >= 4 is 22.4 Å². The molecule has 5 heteroatoms. The zero-order valence-corrected chi connectivity index (χ0v) is 16.8. The molecule has 1 unspecified atom stereocenters. The number of rotatable bonds is 7. The van der Waals surface area contributed by atoms with Gasteiger partial charge in [0.2, 0.25) is 0 Å². The molecular weight excluding hydrogens is 374 g/mol. The van der Waals surface area contributed by atoms with Crippen LogP contribution in [0.1, 0.15) is 24.1 Å². The summed E-state index contributed by atoms with van der Waals surface area (Å²) in [6, 6.07) is 21.8. The van der Waals surface area contributed by atoms with E-state index in [9.17, 15) is 4.79 Å². The number of benzene rings is 3. The van der Waals surface area contributed by atoms with Crippen LogP contribution in [0, 0.1) is 0 Å². The average Bonchev–Trinajstić information content (AvgIpc) is 3.32. The van der Waals surface area contributed by atoms with Crippen LogP contribution >= 0.6 is 0 Å². The van der Waals surface area contributed by atoms with E-state index in [0.29, 0.717) is 5.75 Å². The lowest BCUT2D eigenvalue weighted by Crippen LogP contribution is -2.31. The van der Waals surface area contributed by atoms with E-state index in [1.807, 2.05) is 60.2 Å². The Morgan fingerprint density at radius 2 is 1.87 bits per heavy atom. The lowest BCUT2D eigenvalue weighted by molar-refractivity contribution is -0.123. The van der Waals surface area contributed by atoms with Gasteiger partial charge in [-0.15, -0.1) is 0 Å². The molecule has 0 spiro atoms. The van der Waals surface area contributed by atoms with Crippen molar-refractivity contribution in [2.75, 3.05) is 6.61 Å². The fourth-order valence-corrected chi connectivity index (χ4v) is 3.38. The van der Waals surface area contributed by atoms with Crippen LogP contribution in [-0.2, 0) is 4.79 Å². The van der Waals surface area contributed by atoms with Crippen molar-refractivity contribution in [1.82, 2.24) is 14.9 Å². The number of nitrogens with zero attached hydrogens (tertiary/aromatic N) is 2. The van der Waals surface area contributed by atoms with Gasteiger partial charge >= 0.3 is 0 Å². The van der Waals surface area contributed by atoms with Crippen LogP contribution in [0.5, 0.6) is 5.75 Å². The molecule has 0 fully saturated rings. The van der Waals surface area contributed by atoms with E-state index in [1.165, 1.54) is 5.39 Å². The Labute approximate surface area is 175 Å². The minimum atomic E-state index is -0.182. The van der Waals surface area contributed by atoms with Gasteiger partial charge < -0.3 is 14.6 Å². The Hall–Kier alpha value is -3.86. The maximum absolute atomic E-state index is 12.5. The number of nitrogens with one attached hydrogen (secondary N) is 1. The highest BCUT2D eigenvalue weighted by Crippen LogP contribution is 2.26. The average molecular weight is 397 g/mol. The van der Waals surface area contributed by atoms with Crippen LogP contribution < -0.4 is 10.1 Å². The summed E-state index contributed by atoms with van der Waals surface area (Å²) >= 11 is 0. The standard InChI is InChI=1S/C25H23N3O2/c1-18(21-12-11-20-7-3-4-8-22(20)15-21)27-25(29)16-30-24-10-6-5-9-23(24)19(2)28-14-13-26-17-28/h3-15,17-18H,2,16H2,1H3,(H,27,29). The van der Waals surface area contributed by atoms with E-state index < -0.39 is 0 Å². The molecule has 1 amide bonds. The molecule has 4 aromatic rings. The number of aromatic nitrogens is 2. The van der Waals surface area contributed by atoms with E-state index >= 15 is 0 Å². The highest BCUT2D eigenvalue weighted by molar-refractivity contribution is 5.83. The van der Waals surface area contributed by atoms with Crippen molar-refractivity contribution in [3.05, 3.63) is 103 Å². The first kappa shape index (κ1) is 19.5. The number of hydrogen-bond donors (Lipinski definition) is 1. The molecule has 150 valence electrons. The second-order valence-electron chi connectivity index (χ2n) is 7.10. The van der Waals surface area contributed by atoms with E-state index in [-0.39, 0.29) is 18.6 Å². The molecule has 0 bridgehead atoms. The first-order valence-electron chi connectivity index (χ1n) is 9.79. The van der Waals surface area contributed by atoms with Gasteiger partial charge in [-0.1, -0.05) is 55.1 Å². The third kappa shape index (κ3) is 4.25. The van der Waals surface area contributed by atoms with Crippen molar-refractivity contribution in [3.8, 4) is 5.75 Å². The monoisotopic (exact) mass is 397 g/mol. The summed E-state index contributed by atoms with van der Waals surface area (Å²) in [7, 11) is 0. The molecule has 0 saturated heterocycles. The summed E-state index contributed by atoms with van der Waals surface area (Å²) < 4.78 is 7.63. The predicted molar refractivity (Wildman–Crippen MR) is 119 cm³/mol. The molecule has 0 aliphatic carbocycles. The van der Waals surface area contributed by atoms with Crippen molar-refractivity contribution in [2.45, 2.75) is 13.0 Å². The summed E-state index contributed by atoms with van der Waals surface area (Å²) in [5.41, 5.74) is 2.59. The molecule has 0 radical (unpaired) electrons. The number of imidazole rings is 1. The van der Waals surface area contributed by atoms with Crippen LogP contribution in [0.2, 0.25) is 0 Å². The first-order chi connectivity index (χ1) is 14.6. The second kappa shape index (κ2) is 8.66. The number of hydrogen-bond acceptors (Lipinski definition) is 3. The quantitative estimate of drug-likeness (QED) is 0.487. The van der Waals surface area contributed by atoms with Crippen LogP contribution in [0.4, 0.5) is 0 Å². The summed E-state index contributed by atoms with van der Waals surface area (Å²) in [6.07, 6.45) is 5.18. The Kier molecular flexibility index (Phi) is 5.61. The van der Waals surface area contributed by atoms with Crippen LogP contribution in [0.3, 0.4) is 0 Å². The van der Waals surface area contributed by atoms with Gasteiger partial charge in [-0.2, -0.15) is 0 Å². The molecule has 4 rings (SSSR count). The summed E-state index contributed by atoms with van der Waals surface area (Å²) in [4.78, 5) is 16.5. The van der Waals surface area contributed by atoms with Crippen LogP contribution in [0.25, 0.3) is 16.5 Å². The third-order valence-electron chi connectivity index (χ3n) is 5.02. The minimum absolute atomic E-state index is 0.0772. The molecule has 30 heavy (non-hydrogen) atoms. The molecule has 0 aliphatic heterocycles. The fourth-order valence-electron chi connectivity index (χ4n) is 3.38. The third-order valence-corrected chi connectivity index (χ3v) is 5.02. The van der Waals surface area contributed by atoms with Crippen LogP contribution in [0.15, 0.2) is 92.0 Å². The van der Waals surface area contributed by atoms with Crippen molar-refractivity contribution in [3.63, 3.8) is 0 Å². The highest BCUT2D eigenvalue weighted by atomic mass is 16.5. The van der Waals surface area contributed by atoms with E-state index in [2.05, 4.69) is 41.1 Å². The van der Waals surface area contributed by atoms with E-state index in [0.717, 1.165) is 22.2 Å². The van der Waals surface area contributed by atoms with E-state index in [4.69, 9.17) is 4.74 Å². The molecule has 0 aliphatic rings. The first-order valence-corrected chi connectivity index (χ1v) is 9.79. The van der Waals surface area contributed by atoms with Gasteiger partial charge in [0.25, 0.3) is 5.91 Å². The summed E-state index contributed by atoms with van der Waals surface area (Å²) in [5.74, 6) is 0.420. The Morgan fingerprint density at radius 3 is 2.67 bits per heavy atom. The molecule has 1 heterocycles. The smallest absolute Gasteiger partial charge is 0.258 e. The zero-order chi connectivity index (χ0) is 20.9. The van der Waals surface area contributed by atoms with Gasteiger partial charge in [-0.25, -0.2) is 4.98 Å². The lowest BCUT2D eigenvalue weighted by Gasteiger charge is -2.17. The highest BCUT2D eigenvalue weighted by Gasteiger charge is 2.13. The van der Waals surface area contributed by atoms with E-state index in [1.54, 1.807) is 12.5 Å². The number of amides is 1. The predicted octanol–water partition coefficient (Wildman–Crippen LogP) is 4.81. The molecule has 1 aromatic heterocycles. The summed E-state index contributed by atoms with van der Waals surface area (Å²) in [5, 5.41) is 5.34. The van der Waals surface area contributed by atoms with Gasteiger partial charge in [0.15, 0.2) is 6.61 Å². The number of carbonyl (C=O) groups is 1. The van der Waals surface area contributed by atoms with Gasteiger partial charge in [0, 0.05) is 18.0 Å². The number of fused-ring (bicyclic) bond motifs is 1. The number of para-hydroxylation sites is 1. The maximum Gasteiger partial charge on any atom is 0.258 e. The Balaban J connectivity index is 1.40. The van der Waals surface area contributed by atoms with Gasteiger partial charge in [0.1, 0.15) is 5.75 Å². The zero-order valence-electron chi connectivity index (χ0n) is 16.8. The fraction of sp³-hybridized carbons (Fsp3) is 0.120. The maximum atomic E-state index is 12.5. The van der Waals surface area contributed by atoms with Crippen molar-refractivity contribution < 1.29 is 9.53 Å². The van der Waals surface area contributed by atoms with Gasteiger partial charge in [-0.05, 0) is 41.5 Å². The molecule has 1 N–H and O–H groups in total. The minimum Gasteiger partial charge on any atom is -0.483 e. The van der Waals surface area contributed by atoms with Crippen molar-refractivity contribution in [1.29, 1.82) is 0 Å². The molecule has 1 atom stereocenters. The summed E-state index contributed by atoms with van der Waals surface area (Å²) in [6.45, 7) is 6.00. The SMILES string of the molecule is C=C(c1ccccc1OCC(=O)NC(C)c1ccc2ccccc2c1)n1ccnc1. The largest absolute Gasteiger partial charge is 0.483 e. The van der Waals surface area contributed by atoms with Crippen molar-refractivity contribution in [2.24, 2.45) is 0 Å². The molecule has 0 saturated carbocycles. The normalized spacial score (nSPS) is 11.8. The van der Waals surface area contributed by atoms with Crippen LogP contribution in [-0.4, -0.2) is 22.1 Å². The number of carbonyl (C=O) groups excluding carboxylic acids is 1. The number of ether oxygens (including phenoxy) is 1. The molecule has 5 nitrogen and oxygen atoms in total. The lowest BCUT2D eigenvalue weighted by atomic mass is 10.0. The Bertz CT molecular complexity index is 1180. The Morgan fingerprint density at radius 1 is 1.10 bits per heavy atom. The van der Waals surface area contributed by atoms with Gasteiger partial charge in [0.05, 0.1) is 18.1 Å². The second-order valence-corrected chi connectivity index (χ2v) is 7.10. The topological polar surface area (TPSA) is 56.1 Å². The molecular formula is C25H23N3O2.